The third-order valence-corrected chi connectivity index (χ3v) is 3.64. The van der Waals surface area contributed by atoms with E-state index in [-0.39, 0.29) is 5.91 Å². The first kappa shape index (κ1) is 16.2. The fraction of sp³-hybridized carbons (Fsp3) is 0.412. The van der Waals surface area contributed by atoms with E-state index in [1.165, 1.54) is 0 Å². The van der Waals surface area contributed by atoms with Crippen LogP contribution in [-0.2, 0) is 18.4 Å². The molecule has 5 heteroatoms. The van der Waals surface area contributed by atoms with E-state index in [0.29, 0.717) is 19.6 Å². The Morgan fingerprint density at radius 2 is 2.05 bits per heavy atom. The molecular formula is C17H24N4O. The second kappa shape index (κ2) is 7.22. The molecule has 0 radical (unpaired) electrons. The van der Waals surface area contributed by atoms with E-state index < -0.39 is 0 Å². The predicted molar refractivity (Wildman–Crippen MR) is 88.7 cm³/mol. The normalized spacial score (nSPS) is 11.0. The van der Waals surface area contributed by atoms with Gasteiger partial charge in [0.2, 0.25) is 5.91 Å². The molecule has 1 aromatic carbocycles. The molecule has 0 saturated carbocycles. The molecule has 1 heterocycles. The number of amides is 1. The Balaban J connectivity index is 2.01. The molecule has 2 aromatic rings. The topological polar surface area (TPSA) is 41.4 Å². The van der Waals surface area contributed by atoms with Gasteiger partial charge in [-0.25, -0.2) is 0 Å². The van der Waals surface area contributed by atoms with Gasteiger partial charge in [0.25, 0.3) is 0 Å². The molecule has 5 nitrogen and oxygen atoms in total. The average molecular weight is 300 g/mol. The summed E-state index contributed by atoms with van der Waals surface area (Å²) in [5, 5.41) is 4.15. The van der Waals surface area contributed by atoms with E-state index in [2.05, 4.69) is 5.10 Å². The smallest absolute Gasteiger partial charge is 0.241 e. The van der Waals surface area contributed by atoms with E-state index in [1.807, 2.05) is 74.4 Å². The zero-order chi connectivity index (χ0) is 16.1. The number of carbonyl (C=O) groups is 1. The molecule has 0 atom stereocenters. The molecule has 118 valence electrons. The number of nitrogens with zero attached hydrogens (tertiary/aromatic N) is 4. The van der Waals surface area contributed by atoms with Crippen molar-refractivity contribution in [2.75, 3.05) is 25.0 Å². The number of aryl methyl sites for hydroxylation is 2. The molecule has 0 saturated heterocycles. The van der Waals surface area contributed by atoms with Gasteiger partial charge in [0.15, 0.2) is 0 Å². The molecule has 22 heavy (non-hydrogen) atoms. The van der Waals surface area contributed by atoms with Crippen molar-refractivity contribution >= 4 is 11.6 Å². The van der Waals surface area contributed by atoms with Crippen molar-refractivity contribution in [3.8, 4) is 0 Å². The fourth-order valence-corrected chi connectivity index (χ4v) is 2.58. The van der Waals surface area contributed by atoms with Gasteiger partial charge in [-0.1, -0.05) is 18.2 Å². The highest BCUT2D eigenvalue weighted by molar-refractivity contribution is 5.95. The van der Waals surface area contributed by atoms with Gasteiger partial charge in [0.1, 0.15) is 0 Å². The minimum Gasteiger partial charge on any atom is -0.311 e. The molecule has 0 aliphatic carbocycles. The molecule has 0 N–H and O–H groups in total. The molecule has 0 aliphatic heterocycles. The lowest BCUT2D eigenvalue weighted by Gasteiger charge is -2.25. The molecule has 0 spiro atoms. The van der Waals surface area contributed by atoms with Gasteiger partial charge in [0, 0.05) is 37.6 Å². The Hall–Kier alpha value is -2.14. The lowest BCUT2D eigenvalue weighted by molar-refractivity contribution is -0.119. The summed E-state index contributed by atoms with van der Waals surface area (Å²) in [6.45, 7) is 5.81. The molecule has 2 rings (SSSR count). The quantitative estimate of drug-likeness (QED) is 0.821. The van der Waals surface area contributed by atoms with Gasteiger partial charge >= 0.3 is 0 Å². The van der Waals surface area contributed by atoms with Crippen molar-refractivity contribution in [1.82, 2.24) is 14.7 Å². The van der Waals surface area contributed by atoms with Crippen molar-refractivity contribution in [2.24, 2.45) is 7.05 Å². The summed E-state index contributed by atoms with van der Waals surface area (Å²) >= 11 is 0. The van der Waals surface area contributed by atoms with Crippen molar-refractivity contribution in [3.05, 3.63) is 47.8 Å². The second-order valence-electron chi connectivity index (χ2n) is 5.62. The van der Waals surface area contributed by atoms with Gasteiger partial charge in [-0.2, -0.15) is 5.10 Å². The Labute approximate surface area is 132 Å². The zero-order valence-electron chi connectivity index (χ0n) is 13.8. The summed E-state index contributed by atoms with van der Waals surface area (Å²) in [5.41, 5.74) is 3.22. The second-order valence-corrected chi connectivity index (χ2v) is 5.62. The molecule has 0 unspecified atom stereocenters. The third kappa shape index (κ3) is 3.95. The monoisotopic (exact) mass is 300 g/mol. The number of rotatable bonds is 6. The van der Waals surface area contributed by atoms with Gasteiger partial charge in [-0.15, -0.1) is 0 Å². The number of hydrogen-bond donors (Lipinski definition) is 0. The number of hydrogen-bond acceptors (Lipinski definition) is 3. The van der Waals surface area contributed by atoms with Crippen molar-refractivity contribution in [1.29, 1.82) is 0 Å². The molecular weight excluding hydrogens is 276 g/mol. The van der Waals surface area contributed by atoms with Crippen LogP contribution in [0.3, 0.4) is 0 Å². The largest absolute Gasteiger partial charge is 0.311 e. The molecule has 0 bridgehead atoms. The maximum atomic E-state index is 12.6. The summed E-state index contributed by atoms with van der Waals surface area (Å²) in [7, 11) is 3.85. The summed E-state index contributed by atoms with van der Waals surface area (Å²) < 4.78 is 1.77. The SMILES string of the molecule is CCN(C(=O)CN(C)Cc1cnn(C)c1)c1ccccc1C. The summed E-state index contributed by atoms with van der Waals surface area (Å²) in [4.78, 5) is 16.5. The Morgan fingerprint density at radius 3 is 2.64 bits per heavy atom. The summed E-state index contributed by atoms with van der Waals surface area (Å²) in [5.74, 6) is 0.114. The van der Waals surface area contributed by atoms with Crippen molar-refractivity contribution < 1.29 is 4.79 Å². The molecule has 0 aliphatic rings. The maximum Gasteiger partial charge on any atom is 0.241 e. The molecule has 1 amide bonds. The van der Waals surface area contributed by atoms with Crippen LogP contribution in [-0.4, -0.2) is 40.7 Å². The lowest BCUT2D eigenvalue weighted by Crippen LogP contribution is -2.39. The number of aromatic nitrogens is 2. The van der Waals surface area contributed by atoms with Crippen molar-refractivity contribution in [3.63, 3.8) is 0 Å². The predicted octanol–water partition coefficient (Wildman–Crippen LogP) is 2.21. The number of carbonyl (C=O) groups excluding carboxylic acids is 1. The van der Waals surface area contributed by atoms with Crippen LogP contribution in [0.4, 0.5) is 5.69 Å². The summed E-state index contributed by atoms with van der Waals surface area (Å²) in [6, 6.07) is 7.99. The Morgan fingerprint density at radius 1 is 1.32 bits per heavy atom. The first-order valence-corrected chi connectivity index (χ1v) is 7.53. The zero-order valence-corrected chi connectivity index (χ0v) is 13.8. The summed E-state index contributed by atoms with van der Waals surface area (Å²) in [6.07, 6.45) is 3.81. The van der Waals surface area contributed by atoms with Crippen LogP contribution in [0.25, 0.3) is 0 Å². The van der Waals surface area contributed by atoms with Crippen LogP contribution in [0.5, 0.6) is 0 Å². The van der Waals surface area contributed by atoms with E-state index in [0.717, 1.165) is 16.8 Å². The highest BCUT2D eigenvalue weighted by Gasteiger charge is 2.17. The van der Waals surface area contributed by atoms with Crippen molar-refractivity contribution in [2.45, 2.75) is 20.4 Å². The van der Waals surface area contributed by atoms with Crippen LogP contribution in [0.1, 0.15) is 18.1 Å². The highest BCUT2D eigenvalue weighted by atomic mass is 16.2. The van der Waals surface area contributed by atoms with Crippen LogP contribution in [0.2, 0.25) is 0 Å². The minimum atomic E-state index is 0.114. The number of benzene rings is 1. The first-order valence-electron chi connectivity index (χ1n) is 7.53. The maximum absolute atomic E-state index is 12.6. The van der Waals surface area contributed by atoms with E-state index in [4.69, 9.17) is 0 Å². The highest BCUT2D eigenvalue weighted by Crippen LogP contribution is 2.19. The van der Waals surface area contributed by atoms with Crippen LogP contribution >= 0.6 is 0 Å². The Bertz CT molecular complexity index is 635. The van der Waals surface area contributed by atoms with E-state index in [1.54, 1.807) is 4.68 Å². The molecule has 1 aromatic heterocycles. The van der Waals surface area contributed by atoms with Crippen LogP contribution < -0.4 is 4.90 Å². The Kier molecular flexibility index (Phi) is 5.33. The van der Waals surface area contributed by atoms with Gasteiger partial charge in [0.05, 0.1) is 12.7 Å². The lowest BCUT2D eigenvalue weighted by atomic mass is 10.2. The fourth-order valence-electron chi connectivity index (χ4n) is 2.58. The van der Waals surface area contributed by atoms with Gasteiger partial charge in [-0.05, 0) is 32.5 Å². The number of likely N-dealkylation sites (N-methyl/N-ethyl adjacent to an activating group) is 2. The van der Waals surface area contributed by atoms with Crippen LogP contribution in [0, 0.1) is 6.92 Å². The minimum absolute atomic E-state index is 0.114. The van der Waals surface area contributed by atoms with Gasteiger partial charge < -0.3 is 4.90 Å². The standard InChI is InChI=1S/C17H24N4O/c1-5-21(16-9-7-6-8-14(16)2)17(22)13-19(3)11-15-10-18-20(4)12-15/h6-10,12H,5,11,13H2,1-4H3. The average Bonchev–Trinajstić information content (AvgIpc) is 2.86. The number of para-hydroxylation sites is 1. The molecule has 0 fully saturated rings. The first-order chi connectivity index (χ1) is 10.5. The van der Waals surface area contributed by atoms with Crippen LogP contribution in [0.15, 0.2) is 36.7 Å². The van der Waals surface area contributed by atoms with Gasteiger partial charge in [-0.3, -0.25) is 14.4 Å². The van der Waals surface area contributed by atoms with E-state index >= 15 is 0 Å². The number of anilines is 1. The van der Waals surface area contributed by atoms with E-state index in [9.17, 15) is 4.79 Å². The third-order valence-electron chi connectivity index (χ3n) is 3.64.